The van der Waals surface area contributed by atoms with E-state index < -0.39 is 0 Å². The van der Waals surface area contributed by atoms with Crippen LogP contribution in [0.4, 0.5) is 5.69 Å². The van der Waals surface area contributed by atoms with Gasteiger partial charge in [-0.3, -0.25) is 4.79 Å². The number of amides is 1. The lowest BCUT2D eigenvalue weighted by Gasteiger charge is -2.09. The molecule has 100 valence electrons. The van der Waals surface area contributed by atoms with Crippen LogP contribution in [-0.4, -0.2) is 5.91 Å². The minimum atomic E-state index is -0.289. The predicted molar refractivity (Wildman–Crippen MR) is 83.0 cm³/mol. The predicted octanol–water partition coefficient (Wildman–Crippen LogP) is 4.53. The van der Waals surface area contributed by atoms with Crippen LogP contribution in [0.3, 0.4) is 0 Å². The van der Waals surface area contributed by atoms with E-state index in [9.17, 15) is 4.79 Å². The van der Waals surface area contributed by atoms with Crippen molar-refractivity contribution < 1.29 is 4.79 Å². The Morgan fingerprint density at radius 2 is 2.10 bits per heavy atom. The lowest BCUT2D eigenvalue weighted by atomic mass is 10.1. The van der Waals surface area contributed by atoms with E-state index in [4.69, 9.17) is 16.9 Å². The minimum Gasteiger partial charge on any atom is -0.321 e. The van der Waals surface area contributed by atoms with E-state index in [1.165, 1.54) is 0 Å². The molecule has 1 amide bonds. The van der Waals surface area contributed by atoms with Gasteiger partial charge in [-0.1, -0.05) is 17.7 Å². The smallest absolute Gasteiger partial charge is 0.255 e. The Morgan fingerprint density at radius 1 is 1.35 bits per heavy atom. The van der Waals surface area contributed by atoms with Gasteiger partial charge in [0, 0.05) is 15.1 Å². The monoisotopic (exact) mass is 348 g/mol. The van der Waals surface area contributed by atoms with Crippen molar-refractivity contribution in [2.45, 2.75) is 6.92 Å². The van der Waals surface area contributed by atoms with Crippen LogP contribution in [0, 0.1) is 18.3 Å². The van der Waals surface area contributed by atoms with Gasteiger partial charge in [-0.25, -0.2) is 0 Å². The molecular formula is C15H10BrClN2O. The van der Waals surface area contributed by atoms with Crippen LogP contribution in [0.2, 0.25) is 5.02 Å². The van der Waals surface area contributed by atoms with Crippen LogP contribution in [-0.2, 0) is 0 Å². The molecule has 0 unspecified atom stereocenters. The molecule has 0 aromatic heterocycles. The lowest BCUT2D eigenvalue weighted by molar-refractivity contribution is 0.102. The van der Waals surface area contributed by atoms with Gasteiger partial charge in [-0.05, 0) is 58.7 Å². The van der Waals surface area contributed by atoms with E-state index in [2.05, 4.69) is 21.2 Å². The summed E-state index contributed by atoms with van der Waals surface area (Å²) in [7, 11) is 0. The summed E-state index contributed by atoms with van der Waals surface area (Å²) in [5.74, 6) is -0.289. The first-order valence-electron chi connectivity index (χ1n) is 5.78. The van der Waals surface area contributed by atoms with Crippen molar-refractivity contribution >= 4 is 39.1 Å². The number of halogens is 2. The van der Waals surface area contributed by atoms with E-state index in [-0.39, 0.29) is 5.91 Å². The van der Waals surface area contributed by atoms with Gasteiger partial charge in [0.2, 0.25) is 0 Å². The molecule has 0 saturated heterocycles. The lowest BCUT2D eigenvalue weighted by Crippen LogP contribution is -2.12. The topological polar surface area (TPSA) is 52.9 Å². The van der Waals surface area contributed by atoms with Crippen LogP contribution in [0.1, 0.15) is 21.5 Å². The number of benzene rings is 2. The highest BCUT2D eigenvalue weighted by Crippen LogP contribution is 2.29. The quantitative estimate of drug-likeness (QED) is 0.865. The van der Waals surface area contributed by atoms with Crippen LogP contribution in [0.15, 0.2) is 40.9 Å². The first kappa shape index (κ1) is 14.6. The number of hydrogen-bond donors (Lipinski definition) is 1. The maximum absolute atomic E-state index is 12.1. The summed E-state index contributed by atoms with van der Waals surface area (Å²) >= 11 is 9.43. The Balaban J connectivity index is 2.28. The summed E-state index contributed by atoms with van der Waals surface area (Å²) in [5, 5.41) is 12.2. The second-order valence-corrected chi connectivity index (χ2v) is 5.49. The third-order valence-corrected chi connectivity index (χ3v) is 3.81. The number of nitriles is 1. The zero-order valence-electron chi connectivity index (χ0n) is 10.6. The SMILES string of the molecule is Cc1cc(Br)c(NC(=O)c2cccc(C#N)c2)cc1Cl. The molecule has 2 rings (SSSR count). The van der Waals surface area contributed by atoms with Gasteiger partial charge in [-0.2, -0.15) is 5.26 Å². The fourth-order valence-corrected chi connectivity index (χ4v) is 2.39. The molecule has 0 aliphatic rings. The average molecular weight is 350 g/mol. The molecule has 2 aromatic rings. The third-order valence-electron chi connectivity index (χ3n) is 2.75. The number of carbonyl (C=O) groups excluding carboxylic acids is 1. The third kappa shape index (κ3) is 3.19. The molecule has 0 bridgehead atoms. The Labute approximate surface area is 130 Å². The summed E-state index contributed by atoms with van der Waals surface area (Å²) in [5.41, 5.74) is 2.38. The summed E-state index contributed by atoms with van der Waals surface area (Å²) in [6.45, 7) is 1.88. The standard InChI is InChI=1S/C15H10BrClN2O/c1-9-5-12(16)14(7-13(9)17)19-15(20)11-4-2-3-10(6-11)8-18/h2-7H,1H3,(H,19,20). The van der Waals surface area contributed by atoms with Gasteiger partial charge >= 0.3 is 0 Å². The summed E-state index contributed by atoms with van der Waals surface area (Å²) in [6.07, 6.45) is 0. The highest BCUT2D eigenvalue weighted by molar-refractivity contribution is 9.10. The molecule has 5 heteroatoms. The average Bonchev–Trinajstić information content (AvgIpc) is 2.44. The molecular weight excluding hydrogens is 340 g/mol. The highest BCUT2D eigenvalue weighted by atomic mass is 79.9. The van der Waals surface area contributed by atoms with Crippen molar-refractivity contribution in [2.24, 2.45) is 0 Å². The zero-order chi connectivity index (χ0) is 14.7. The van der Waals surface area contributed by atoms with Crippen molar-refractivity contribution in [1.82, 2.24) is 0 Å². The number of rotatable bonds is 2. The van der Waals surface area contributed by atoms with Crippen LogP contribution in [0.5, 0.6) is 0 Å². The molecule has 0 aliphatic carbocycles. The molecule has 0 saturated carbocycles. The van der Waals surface area contributed by atoms with E-state index in [0.717, 1.165) is 10.0 Å². The van der Waals surface area contributed by atoms with Gasteiger partial charge in [0.25, 0.3) is 5.91 Å². The van der Waals surface area contributed by atoms with Gasteiger partial charge in [-0.15, -0.1) is 0 Å². The van der Waals surface area contributed by atoms with E-state index in [0.29, 0.717) is 21.8 Å². The van der Waals surface area contributed by atoms with Crippen molar-refractivity contribution in [3.63, 3.8) is 0 Å². The number of hydrogen-bond acceptors (Lipinski definition) is 2. The maximum Gasteiger partial charge on any atom is 0.255 e. The summed E-state index contributed by atoms with van der Waals surface area (Å²) < 4.78 is 0.754. The number of nitrogens with one attached hydrogen (secondary N) is 1. The fraction of sp³-hybridized carbons (Fsp3) is 0.0667. The Hall–Kier alpha value is -1.83. The number of anilines is 1. The molecule has 1 N–H and O–H groups in total. The molecule has 0 spiro atoms. The van der Waals surface area contributed by atoms with Crippen molar-refractivity contribution in [3.8, 4) is 6.07 Å². The molecule has 2 aromatic carbocycles. The first-order valence-corrected chi connectivity index (χ1v) is 6.95. The first-order chi connectivity index (χ1) is 9.51. The molecule has 20 heavy (non-hydrogen) atoms. The maximum atomic E-state index is 12.1. The van der Waals surface area contributed by atoms with E-state index in [1.807, 2.05) is 19.1 Å². The zero-order valence-corrected chi connectivity index (χ0v) is 12.9. The Morgan fingerprint density at radius 3 is 2.80 bits per heavy atom. The molecule has 0 heterocycles. The van der Waals surface area contributed by atoms with Gasteiger partial charge in [0.05, 0.1) is 17.3 Å². The number of aryl methyl sites for hydroxylation is 1. The Kier molecular flexibility index (Phi) is 4.43. The molecule has 0 atom stereocenters. The van der Waals surface area contributed by atoms with Crippen molar-refractivity contribution in [2.75, 3.05) is 5.32 Å². The highest BCUT2D eigenvalue weighted by Gasteiger charge is 2.10. The van der Waals surface area contributed by atoms with Crippen molar-refractivity contribution in [1.29, 1.82) is 5.26 Å². The Bertz CT molecular complexity index is 722. The largest absolute Gasteiger partial charge is 0.321 e. The summed E-state index contributed by atoms with van der Waals surface area (Å²) in [6, 6.07) is 12.0. The molecule has 0 radical (unpaired) electrons. The van der Waals surface area contributed by atoms with Crippen LogP contribution in [0.25, 0.3) is 0 Å². The summed E-state index contributed by atoms with van der Waals surface area (Å²) in [4.78, 5) is 12.1. The van der Waals surface area contributed by atoms with Crippen LogP contribution >= 0.6 is 27.5 Å². The number of carbonyl (C=O) groups is 1. The van der Waals surface area contributed by atoms with Gasteiger partial charge < -0.3 is 5.32 Å². The normalized spacial score (nSPS) is 9.90. The molecule has 0 aliphatic heterocycles. The molecule has 0 fully saturated rings. The number of nitrogens with zero attached hydrogens (tertiary/aromatic N) is 1. The van der Waals surface area contributed by atoms with Gasteiger partial charge in [0.15, 0.2) is 0 Å². The van der Waals surface area contributed by atoms with E-state index >= 15 is 0 Å². The second kappa shape index (κ2) is 6.08. The molecule has 3 nitrogen and oxygen atoms in total. The minimum absolute atomic E-state index is 0.289. The van der Waals surface area contributed by atoms with Crippen LogP contribution < -0.4 is 5.32 Å². The van der Waals surface area contributed by atoms with E-state index in [1.54, 1.807) is 30.3 Å². The van der Waals surface area contributed by atoms with Crippen molar-refractivity contribution in [3.05, 3.63) is 62.6 Å². The second-order valence-electron chi connectivity index (χ2n) is 4.23. The van der Waals surface area contributed by atoms with Gasteiger partial charge in [0.1, 0.15) is 0 Å². The fourth-order valence-electron chi connectivity index (χ4n) is 1.67.